The summed E-state index contributed by atoms with van der Waals surface area (Å²) in [6.45, 7) is 2.46. The number of benzene rings is 1. The number of amides is 1. The Morgan fingerprint density at radius 1 is 1.33 bits per heavy atom. The summed E-state index contributed by atoms with van der Waals surface area (Å²) in [6, 6.07) is 2.54. The molecule has 1 amide bonds. The molecule has 1 atom stereocenters. The Morgan fingerprint density at radius 2 is 2.04 bits per heavy atom. The fraction of sp³-hybridized carbons (Fsp3) is 0.588. The number of sulfonamides is 1. The Balaban J connectivity index is 2.02. The van der Waals surface area contributed by atoms with Crippen molar-refractivity contribution in [3.8, 4) is 0 Å². The van der Waals surface area contributed by atoms with Gasteiger partial charge in [-0.3, -0.25) is 4.79 Å². The standard InChI is InChI=1S/C17H22ClF3N2O3S/c1-2-12-5-3-4-10-23(12)16(24)8-9-22-27(25,26)13-6-7-15(18)14(11-13)17(19,20)21/h6-7,11-12,22H,2-5,8-10H2,1H3. The van der Waals surface area contributed by atoms with E-state index in [1.807, 2.05) is 6.92 Å². The van der Waals surface area contributed by atoms with Gasteiger partial charge in [-0.25, -0.2) is 13.1 Å². The Labute approximate surface area is 161 Å². The van der Waals surface area contributed by atoms with Crippen LogP contribution in [0.25, 0.3) is 0 Å². The van der Waals surface area contributed by atoms with Gasteiger partial charge in [0.2, 0.25) is 15.9 Å². The molecule has 0 aromatic heterocycles. The lowest BCUT2D eigenvalue weighted by molar-refractivity contribution is -0.137. The summed E-state index contributed by atoms with van der Waals surface area (Å²) in [4.78, 5) is 13.6. The summed E-state index contributed by atoms with van der Waals surface area (Å²) >= 11 is 5.50. The summed E-state index contributed by atoms with van der Waals surface area (Å²) < 4.78 is 65.4. The zero-order valence-corrected chi connectivity index (χ0v) is 16.4. The molecule has 0 radical (unpaired) electrons. The van der Waals surface area contributed by atoms with Crippen LogP contribution in [0.5, 0.6) is 0 Å². The zero-order valence-electron chi connectivity index (χ0n) is 14.9. The van der Waals surface area contributed by atoms with Crippen LogP contribution in [-0.2, 0) is 21.0 Å². The normalized spacial score (nSPS) is 18.6. The SMILES string of the molecule is CCC1CCCCN1C(=O)CCNS(=O)(=O)c1ccc(Cl)c(C(F)(F)F)c1. The van der Waals surface area contributed by atoms with Crippen molar-refractivity contribution in [2.24, 2.45) is 0 Å². The van der Waals surface area contributed by atoms with Crippen molar-refractivity contribution in [3.05, 3.63) is 28.8 Å². The van der Waals surface area contributed by atoms with Crippen molar-refractivity contribution in [2.45, 2.75) is 56.1 Å². The highest BCUT2D eigenvalue weighted by Crippen LogP contribution is 2.35. The van der Waals surface area contributed by atoms with Gasteiger partial charge in [0.1, 0.15) is 0 Å². The van der Waals surface area contributed by atoms with Gasteiger partial charge in [-0.1, -0.05) is 18.5 Å². The quantitative estimate of drug-likeness (QED) is 0.752. The fourth-order valence-corrected chi connectivity index (χ4v) is 4.44. The predicted molar refractivity (Wildman–Crippen MR) is 95.9 cm³/mol. The van der Waals surface area contributed by atoms with Gasteiger partial charge in [0, 0.05) is 25.6 Å². The first kappa shape index (κ1) is 22.0. The molecule has 1 aromatic carbocycles. The molecule has 1 aliphatic rings. The Kier molecular flexibility index (Phi) is 7.15. The maximum absolute atomic E-state index is 12.9. The van der Waals surface area contributed by atoms with E-state index < -0.39 is 31.7 Å². The van der Waals surface area contributed by atoms with Gasteiger partial charge in [0.05, 0.1) is 15.5 Å². The van der Waals surface area contributed by atoms with Crippen LogP contribution < -0.4 is 4.72 Å². The molecule has 5 nitrogen and oxygen atoms in total. The number of rotatable bonds is 6. The van der Waals surface area contributed by atoms with Gasteiger partial charge < -0.3 is 4.90 Å². The number of piperidine rings is 1. The van der Waals surface area contributed by atoms with Crippen LogP contribution in [0.15, 0.2) is 23.1 Å². The van der Waals surface area contributed by atoms with Crippen LogP contribution >= 0.6 is 11.6 Å². The minimum absolute atomic E-state index is 0.0462. The molecular formula is C17H22ClF3N2O3S. The molecule has 27 heavy (non-hydrogen) atoms. The number of nitrogens with one attached hydrogen (secondary N) is 1. The minimum atomic E-state index is -4.76. The van der Waals surface area contributed by atoms with Gasteiger partial charge in [-0.15, -0.1) is 0 Å². The summed E-state index contributed by atoms with van der Waals surface area (Å²) in [5.41, 5.74) is -1.22. The Hall–Kier alpha value is -1.32. The van der Waals surface area contributed by atoms with Crippen molar-refractivity contribution in [1.29, 1.82) is 0 Å². The Morgan fingerprint density at radius 3 is 2.67 bits per heavy atom. The third-order valence-corrected chi connectivity index (χ3v) is 6.39. The molecule has 1 heterocycles. The van der Waals surface area contributed by atoms with E-state index in [-0.39, 0.29) is 24.9 Å². The van der Waals surface area contributed by atoms with Crippen molar-refractivity contribution in [3.63, 3.8) is 0 Å². The fourth-order valence-electron chi connectivity index (χ4n) is 3.16. The van der Waals surface area contributed by atoms with Crippen LogP contribution in [0.3, 0.4) is 0 Å². The van der Waals surface area contributed by atoms with E-state index in [1.165, 1.54) is 0 Å². The van der Waals surface area contributed by atoms with Crippen LogP contribution in [0.4, 0.5) is 13.2 Å². The second kappa shape index (κ2) is 8.79. The van der Waals surface area contributed by atoms with Gasteiger partial charge in [-0.2, -0.15) is 13.2 Å². The number of hydrogen-bond acceptors (Lipinski definition) is 3. The molecule has 2 rings (SSSR count). The first-order chi connectivity index (χ1) is 12.6. The van der Waals surface area contributed by atoms with Gasteiger partial charge in [-0.05, 0) is 43.9 Å². The van der Waals surface area contributed by atoms with Crippen LogP contribution in [0, 0.1) is 0 Å². The summed E-state index contributed by atoms with van der Waals surface area (Å²) in [6.07, 6.45) is -1.06. The molecule has 1 unspecified atom stereocenters. The molecule has 152 valence electrons. The molecule has 1 N–H and O–H groups in total. The molecule has 0 spiro atoms. The highest BCUT2D eigenvalue weighted by molar-refractivity contribution is 7.89. The van der Waals surface area contributed by atoms with E-state index in [2.05, 4.69) is 4.72 Å². The third-order valence-electron chi connectivity index (χ3n) is 4.60. The van der Waals surface area contributed by atoms with Gasteiger partial charge >= 0.3 is 6.18 Å². The number of alkyl halides is 3. The predicted octanol–water partition coefficient (Wildman–Crippen LogP) is 3.82. The molecule has 1 aliphatic heterocycles. The number of carbonyl (C=O) groups excluding carboxylic acids is 1. The van der Waals surface area contributed by atoms with E-state index in [1.54, 1.807) is 4.90 Å². The van der Waals surface area contributed by atoms with Gasteiger partial charge in [0.25, 0.3) is 0 Å². The van der Waals surface area contributed by atoms with E-state index in [0.29, 0.717) is 12.6 Å². The van der Waals surface area contributed by atoms with Crippen molar-refractivity contribution < 1.29 is 26.4 Å². The lowest BCUT2D eigenvalue weighted by Crippen LogP contribution is -2.44. The lowest BCUT2D eigenvalue weighted by Gasteiger charge is -2.35. The van der Waals surface area contributed by atoms with Gasteiger partial charge in [0.15, 0.2) is 0 Å². The molecule has 0 bridgehead atoms. The van der Waals surface area contributed by atoms with Crippen LogP contribution in [0.1, 0.15) is 44.6 Å². The summed E-state index contributed by atoms with van der Waals surface area (Å²) in [5, 5.41) is -0.577. The minimum Gasteiger partial charge on any atom is -0.340 e. The summed E-state index contributed by atoms with van der Waals surface area (Å²) in [7, 11) is -4.18. The maximum atomic E-state index is 12.9. The van der Waals surface area contributed by atoms with Crippen LogP contribution in [0.2, 0.25) is 5.02 Å². The molecule has 1 fully saturated rings. The summed E-state index contributed by atoms with van der Waals surface area (Å²) in [5.74, 6) is -0.156. The van der Waals surface area contributed by atoms with E-state index in [0.717, 1.165) is 37.8 Å². The lowest BCUT2D eigenvalue weighted by atomic mass is 9.99. The second-order valence-corrected chi connectivity index (χ2v) is 8.61. The molecule has 10 heteroatoms. The number of hydrogen-bond donors (Lipinski definition) is 1. The van der Waals surface area contributed by atoms with Crippen molar-refractivity contribution in [1.82, 2.24) is 9.62 Å². The second-order valence-electron chi connectivity index (χ2n) is 6.43. The zero-order chi connectivity index (χ0) is 20.2. The average molecular weight is 427 g/mol. The monoisotopic (exact) mass is 426 g/mol. The number of carbonyl (C=O) groups is 1. The van der Waals surface area contributed by atoms with Crippen molar-refractivity contribution in [2.75, 3.05) is 13.1 Å². The highest BCUT2D eigenvalue weighted by atomic mass is 35.5. The molecule has 1 aromatic rings. The molecule has 1 saturated heterocycles. The number of likely N-dealkylation sites (tertiary alicyclic amines) is 1. The van der Waals surface area contributed by atoms with Crippen molar-refractivity contribution >= 4 is 27.5 Å². The third kappa shape index (κ3) is 5.58. The smallest absolute Gasteiger partial charge is 0.340 e. The largest absolute Gasteiger partial charge is 0.417 e. The maximum Gasteiger partial charge on any atom is 0.417 e. The van der Waals surface area contributed by atoms with E-state index in [9.17, 15) is 26.4 Å². The highest BCUT2D eigenvalue weighted by Gasteiger charge is 2.34. The molecule has 0 aliphatic carbocycles. The first-order valence-electron chi connectivity index (χ1n) is 8.72. The molecule has 0 saturated carbocycles. The van der Waals surface area contributed by atoms with E-state index >= 15 is 0 Å². The number of halogens is 4. The topological polar surface area (TPSA) is 66.5 Å². The number of nitrogens with zero attached hydrogens (tertiary/aromatic N) is 1. The average Bonchev–Trinajstić information content (AvgIpc) is 2.60. The van der Waals surface area contributed by atoms with Crippen LogP contribution in [-0.4, -0.2) is 38.4 Å². The first-order valence-corrected chi connectivity index (χ1v) is 10.6. The Bertz CT molecular complexity index is 784. The van der Waals surface area contributed by atoms with E-state index in [4.69, 9.17) is 11.6 Å². The molecular weight excluding hydrogens is 405 g/mol.